The summed E-state index contributed by atoms with van der Waals surface area (Å²) in [6, 6.07) is 1.35. The van der Waals surface area contributed by atoms with Crippen LogP contribution in [0.5, 0.6) is 0 Å². The zero-order valence-corrected chi connectivity index (χ0v) is 15.4. The van der Waals surface area contributed by atoms with Crippen molar-refractivity contribution in [2.45, 2.75) is 66.0 Å². The van der Waals surface area contributed by atoms with E-state index in [-0.39, 0.29) is 0 Å². The lowest BCUT2D eigenvalue weighted by atomic mass is 9.83. The summed E-state index contributed by atoms with van der Waals surface area (Å²) in [4.78, 5) is 2.76. The van der Waals surface area contributed by atoms with Gasteiger partial charge in [-0.1, -0.05) is 41.0 Å². The van der Waals surface area contributed by atoms with E-state index in [1.165, 1.54) is 38.1 Å². The number of hydrogen-bond donors (Lipinski definition) is 1. The van der Waals surface area contributed by atoms with Crippen LogP contribution in [0, 0.1) is 11.3 Å². The molecule has 1 saturated heterocycles. The standard InChI is InChI=1S/C17H36N2S/c1-14(2)15-12-18-16(17(3,4)5)13-19(15)10-8-7-9-11-20-6/h14-16,18H,7-13H2,1-6H3. The van der Waals surface area contributed by atoms with Crippen LogP contribution in [0.1, 0.15) is 53.9 Å². The topological polar surface area (TPSA) is 15.3 Å². The van der Waals surface area contributed by atoms with E-state index in [4.69, 9.17) is 0 Å². The fourth-order valence-electron chi connectivity index (χ4n) is 3.06. The molecule has 1 heterocycles. The van der Waals surface area contributed by atoms with Crippen LogP contribution in [0.25, 0.3) is 0 Å². The number of thioether (sulfide) groups is 1. The van der Waals surface area contributed by atoms with E-state index in [1.807, 2.05) is 11.8 Å². The van der Waals surface area contributed by atoms with Crippen LogP contribution < -0.4 is 5.32 Å². The van der Waals surface area contributed by atoms with Crippen LogP contribution in [0.2, 0.25) is 0 Å². The van der Waals surface area contributed by atoms with Gasteiger partial charge in [0.25, 0.3) is 0 Å². The predicted octanol–water partition coefficient (Wildman–Crippen LogP) is 3.86. The first-order valence-electron chi connectivity index (χ1n) is 8.32. The largest absolute Gasteiger partial charge is 0.311 e. The van der Waals surface area contributed by atoms with E-state index < -0.39 is 0 Å². The highest BCUT2D eigenvalue weighted by Gasteiger charge is 2.34. The normalized spacial score (nSPS) is 25.4. The summed E-state index contributed by atoms with van der Waals surface area (Å²) in [7, 11) is 0. The highest BCUT2D eigenvalue weighted by atomic mass is 32.2. The lowest BCUT2D eigenvalue weighted by Gasteiger charge is -2.46. The molecule has 1 N–H and O–H groups in total. The minimum atomic E-state index is 0.360. The quantitative estimate of drug-likeness (QED) is 0.719. The van der Waals surface area contributed by atoms with Gasteiger partial charge < -0.3 is 5.32 Å². The molecular weight excluding hydrogens is 264 g/mol. The minimum absolute atomic E-state index is 0.360. The van der Waals surface area contributed by atoms with Crippen LogP contribution in [0.15, 0.2) is 0 Å². The zero-order valence-electron chi connectivity index (χ0n) is 14.5. The Morgan fingerprint density at radius 1 is 1.20 bits per heavy atom. The Labute approximate surface area is 131 Å². The first-order valence-corrected chi connectivity index (χ1v) is 9.72. The van der Waals surface area contributed by atoms with E-state index in [9.17, 15) is 0 Å². The van der Waals surface area contributed by atoms with Gasteiger partial charge in [-0.2, -0.15) is 11.8 Å². The molecule has 0 aliphatic carbocycles. The monoisotopic (exact) mass is 300 g/mol. The van der Waals surface area contributed by atoms with E-state index in [2.05, 4.69) is 51.1 Å². The maximum Gasteiger partial charge on any atom is 0.0244 e. The summed E-state index contributed by atoms with van der Waals surface area (Å²) in [6.07, 6.45) is 6.33. The molecule has 0 aromatic carbocycles. The van der Waals surface area contributed by atoms with Crippen molar-refractivity contribution in [2.75, 3.05) is 31.6 Å². The second kappa shape index (κ2) is 8.65. The molecule has 2 nitrogen and oxygen atoms in total. The first kappa shape index (κ1) is 18.3. The smallest absolute Gasteiger partial charge is 0.0244 e. The Balaban J connectivity index is 2.47. The zero-order chi connectivity index (χ0) is 15.2. The van der Waals surface area contributed by atoms with Gasteiger partial charge in [0.15, 0.2) is 0 Å². The molecule has 1 fully saturated rings. The van der Waals surface area contributed by atoms with Crippen molar-refractivity contribution in [1.82, 2.24) is 10.2 Å². The number of piperazine rings is 1. The molecule has 2 atom stereocenters. The second-order valence-electron chi connectivity index (χ2n) is 7.69. The number of hydrogen-bond acceptors (Lipinski definition) is 3. The molecule has 0 spiro atoms. The van der Waals surface area contributed by atoms with Crippen LogP contribution in [-0.2, 0) is 0 Å². The molecule has 0 aromatic heterocycles. The van der Waals surface area contributed by atoms with Crippen LogP contribution in [0.4, 0.5) is 0 Å². The van der Waals surface area contributed by atoms with Crippen molar-refractivity contribution in [2.24, 2.45) is 11.3 Å². The molecule has 0 radical (unpaired) electrons. The van der Waals surface area contributed by atoms with Gasteiger partial charge in [-0.05, 0) is 42.7 Å². The van der Waals surface area contributed by atoms with Crippen molar-refractivity contribution < 1.29 is 0 Å². The summed E-state index contributed by atoms with van der Waals surface area (Å²) < 4.78 is 0. The third-order valence-electron chi connectivity index (χ3n) is 4.57. The average molecular weight is 301 g/mol. The van der Waals surface area contributed by atoms with E-state index in [0.717, 1.165) is 12.5 Å². The van der Waals surface area contributed by atoms with Gasteiger partial charge in [0.05, 0.1) is 0 Å². The molecule has 0 saturated carbocycles. The van der Waals surface area contributed by atoms with Gasteiger partial charge in [-0.3, -0.25) is 4.90 Å². The van der Waals surface area contributed by atoms with E-state index >= 15 is 0 Å². The molecule has 3 heteroatoms. The lowest BCUT2D eigenvalue weighted by molar-refractivity contribution is 0.0620. The van der Waals surface area contributed by atoms with Gasteiger partial charge in [-0.15, -0.1) is 0 Å². The van der Waals surface area contributed by atoms with Gasteiger partial charge in [0.2, 0.25) is 0 Å². The molecule has 120 valence electrons. The maximum absolute atomic E-state index is 3.79. The highest BCUT2D eigenvalue weighted by molar-refractivity contribution is 7.98. The van der Waals surface area contributed by atoms with Crippen LogP contribution in [-0.4, -0.2) is 48.6 Å². The van der Waals surface area contributed by atoms with Crippen molar-refractivity contribution in [3.63, 3.8) is 0 Å². The molecule has 0 bridgehead atoms. The fourth-order valence-corrected chi connectivity index (χ4v) is 3.55. The molecule has 1 rings (SSSR count). The summed E-state index contributed by atoms with van der Waals surface area (Å²) in [6.45, 7) is 15.5. The molecule has 1 aliphatic heterocycles. The minimum Gasteiger partial charge on any atom is -0.311 e. The van der Waals surface area contributed by atoms with E-state index in [1.54, 1.807) is 0 Å². The van der Waals surface area contributed by atoms with Crippen molar-refractivity contribution >= 4 is 11.8 Å². The summed E-state index contributed by atoms with van der Waals surface area (Å²) in [5.41, 5.74) is 0.360. The Kier molecular flexibility index (Phi) is 7.92. The van der Waals surface area contributed by atoms with Crippen molar-refractivity contribution in [3.05, 3.63) is 0 Å². The first-order chi connectivity index (χ1) is 9.36. The van der Waals surface area contributed by atoms with Crippen LogP contribution >= 0.6 is 11.8 Å². The fraction of sp³-hybridized carbons (Fsp3) is 1.00. The van der Waals surface area contributed by atoms with Gasteiger partial charge in [0, 0.05) is 25.2 Å². The summed E-state index contributed by atoms with van der Waals surface area (Å²) in [5.74, 6) is 2.06. The summed E-state index contributed by atoms with van der Waals surface area (Å²) in [5, 5.41) is 3.79. The third-order valence-corrected chi connectivity index (χ3v) is 5.27. The SMILES string of the molecule is CSCCCCCN1CC(C(C)(C)C)NCC1C(C)C. The molecule has 0 amide bonds. The van der Waals surface area contributed by atoms with Crippen molar-refractivity contribution in [1.29, 1.82) is 0 Å². The lowest BCUT2D eigenvalue weighted by Crippen LogP contribution is -2.61. The molecular formula is C17H36N2S. The molecule has 20 heavy (non-hydrogen) atoms. The number of rotatable bonds is 7. The molecule has 1 aliphatic rings. The Morgan fingerprint density at radius 3 is 2.45 bits per heavy atom. The van der Waals surface area contributed by atoms with Crippen molar-refractivity contribution in [3.8, 4) is 0 Å². The van der Waals surface area contributed by atoms with Gasteiger partial charge in [0.1, 0.15) is 0 Å². The Bertz CT molecular complexity index is 260. The number of nitrogens with zero attached hydrogens (tertiary/aromatic N) is 1. The Hall–Kier alpha value is 0.270. The second-order valence-corrected chi connectivity index (χ2v) is 8.67. The predicted molar refractivity (Wildman–Crippen MR) is 93.7 cm³/mol. The number of unbranched alkanes of at least 4 members (excludes halogenated alkanes) is 2. The van der Waals surface area contributed by atoms with Gasteiger partial charge >= 0.3 is 0 Å². The maximum atomic E-state index is 3.79. The third kappa shape index (κ3) is 5.95. The van der Waals surface area contributed by atoms with Gasteiger partial charge in [-0.25, -0.2) is 0 Å². The van der Waals surface area contributed by atoms with E-state index in [0.29, 0.717) is 17.5 Å². The average Bonchev–Trinajstić information content (AvgIpc) is 2.37. The highest BCUT2D eigenvalue weighted by Crippen LogP contribution is 2.25. The summed E-state index contributed by atoms with van der Waals surface area (Å²) >= 11 is 1.97. The van der Waals surface area contributed by atoms with Crippen LogP contribution in [0.3, 0.4) is 0 Å². The number of nitrogens with one attached hydrogen (secondary N) is 1. The molecule has 2 unspecified atom stereocenters. The molecule has 0 aromatic rings. The Morgan fingerprint density at radius 2 is 1.90 bits per heavy atom.